The van der Waals surface area contributed by atoms with E-state index in [0.29, 0.717) is 45.1 Å². The standard InChI is InChI=1S/C24H29FN4O4S/c1-2-33-16-6-15-29-22-9-4-3-8-21(22)26-24(29)27-23(30)18-7-5-14-28(17-18)34(31,32)20-12-10-19(25)11-13-20/h3-4,8-13,18H,2,5-7,14-17H2,1H3,(H,26,27,30). The predicted octanol–water partition coefficient (Wildman–Crippen LogP) is 3.64. The summed E-state index contributed by atoms with van der Waals surface area (Å²) in [6.07, 6.45) is 1.90. The van der Waals surface area contributed by atoms with Crippen LogP contribution >= 0.6 is 0 Å². The number of benzene rings is 2. The molecule has 1 atom stereocenters. The number of amides is 1. The number of rotatable bonds is 9. The average Bonchev–Trinajstić information content (AvgIpc) is 3.19. The molecule has 182 valence electrons. The van der Waals surface area contributed by atoms with Gasteiger partial charge in [0.1, 0.15) is 5.82 Å². The van der Waals surface area contributed by atoms with E-state index in [2.05, 4.69) is 10.3 Å². The van der Waals surface area contributed by atoms with Crippen LogP contribution in [0.5, 0.6) is 0 Å². The third kappa shape index (κ3) is 5.29. The molecule has 1 amide bonds. The van der Waals surface area contributed by atoms with Crippen LogP contribution in [0.25, 0.3) is 11.0 Å². The highest BCUT2D eigenvalue weighted by atomic mass is 32.2. The highest BCUT2D eigenvalue weighted by Crippen LogP contribution is 2.26. The summed E-state index contributed by atoms with van der Waals surface area (Å²) in [7, 11) is -3.81. The predicted molar refractivity (Wildman–Crippen MR) is 127 cm³/mol. The molecule has 0 bridgehead atoms. The van der Waals surface area contributed by atoms with Gasteiger partial charge in [-0.25, -0.2) is 17.8 Å². The molecule has 10 heteroatoms. The van der Waals surface area contributed by atoms with Crippen LogP contribution in [0.4, 0.5) is 10.3 Å². The zero-order valence-electron chi connectivity index (χ0n) is 19.1. The summed E-state index contributed by atoms with van der Waals surface area (Å²) in [5.41, 5.74) is 1.69. The Morgan fingerprint density at radius 1 is 1.21 bits per heavy atom. The summed E-state index contributed by atoms with van der Waals surface area (Å²) in [4.78, 5) is 17.8. The Labute approximate surface area is 198 Å². The summed E-state index contributed by atoms with van der Waals surface area (Å²) in [6.45, 7) is 4.21. The highest BCUT2D eigenvalue weighted by Gasteiger charge is 2.33. The van der Waals surface area contributed by atoms with Gasteiger partial charge in [0, 0.05) is 32.8 Å². The van der Waals surface area contributed by atoms with Gasteiger partial charge in [-0.2, -0.15) is 4.31 Å². The molecule has 34 heavy (non-hydrogen) atoms. The van der Waals surface area contributed by atoms with Gasteiger partial charge in [-0.05, 0) is 62.6 Å². The van der Waals surface area contributed by atoms with E-state index in [0.717, 1.165) is 29.6 Å². The maximum Gasteiger partial charge on any atom is 0.243 e. The summed E-state index contributed by atoms with van der Waals surface area (Å²) in [6, 6.07) is 12.4. The van der Waals surface area contributed by atoms with Gasteiger partial charge < -0.3 is 9.30 Å². The number of nitrogens with one attached hydrogen (secondary N) is 1. The number of fused-ring (bicyclic) bond motifs is 1. The number of piperidine rings is 1. The van der Waals surface area contributed by atoms with Crippen molar-refractivity contribution in [2.75, 3.05) is 31.6 Å². The molecule has 1 aromatic heterocycles. The van der Waals surface area contributed by atoms with Crippen molar-refractivity contribution < 1.29 is 22.3 Å². The number of hydrogen-bond donors (Lipinski definition) is 1. The van der Waals surface area contributed by atoms with E-state index in [4.69, 9.17) is 4.74 Å². The van der Waals surface area contributed by atoms with Crippen LogP contribution < -0.4 is 5.32 Å². The normalized spacial score (nSPS) is 17.2. The molecule has 1 unspecified atom stereocenters. The number of para-hydroxylation sites is 2. The molecule has 8 nitrogen and oxygen atoms in total. The van der Waals surface area contributed by atoms with Crippen LogP contribution in [0.1, 0.15) is 26.2 Å². The maximum absolute atomic E-state index is 13.2. The number of aromatic nitrogens is 2. The second-order valence-electron chi connectivity index (χ2n) is 8.27. The van der Waals surface area contributed by atoms with Crippen LogP contribution in [0.3, 0.4) is 0 Å². The lowest BCUT2D eigenvalue weighted by Gasteiger charge is -2.31. The SMILES string of the molecule is CCOCCCn1c(NC(=O)C2CCCN(S(=O)(=O)c3ccc(F)cc3)C2)nc2ccccc21. The van der Waals surface area contributed by atoms with Crippen molar-refractivity contribution in [3.05, 3.63) is 54.3 Å². The second kappa shape index (κ2) is 10.6. The Bertz CT molecular complexity index is 1240. The lowest BCUT2D eigenvalue weighted by molar-refractivity contribution is -0.120. The van der Waals surface area contributed by atoms with Crippen molar-refractivity contribution >= 4 is 32.9 Å². The Morgan fingerprint density at radius 3 is 2.74 bits per heavy atom. The summed E-state index contributed by atoms with van der Waals surface area (Å²) >= 11 is 0. The van der Waals surface area contributed by atoms with Crippen molar-refractivity contribution in [2.24, 2.45) is 5.92 Å². The third-order valence-electron chi connectivity index (χ3n) is 5.97. The largest absolute Gasteiger partial charge is 0.382 e. The first-order chi connectivity index (χ1) is 16.4. The van der Waals surface area contributed by atoms with E-state index in [9.17, 15) is 17.6 Å². The van der Waals surface area contributed by atoms with E-state index in [1.807, 2.05) is 35.8 Å². The lowest BCUT2D eigenvalue weighted by atomic mass is 9.99. The van der Waals surface area contributed by atoms with Gasteiger partial charge in [-0.3, -0.25) is 10.1 Å². The number of ether oxygens (including phenoxy) is 1. The molecule has 2 aromatic carbocycles. The van der Waals surface area contributed by atoms with Gasteiger partial charge in [0.2, 0.25) is 21.9 Å². The van der Waals surface area contributed by atoms with Crippen LogP contribution in [-0.4, -0.2) is 54.5 Å². The number of aryl methyl sites for hydroxylation is 1. The smallest absolute Gasteiger partial charge is 0.243 e. The summed E-state index contributed by atoms with van der Waals surface area (Å²) in [5, 5.41) is 2.93. The zero-order valence-corrected chi connectivity index (χ0v) is 19.9. The minimum Gasteiger partial charge on any atom is -0.382 e. The van der Waals surface area contributed by atoms with Crippen molar-refractivity contribution in [1.29, 1.82) is 0 Å². The fourth-order valence-corrected chi connectivity index (χ4v) is 5.73. The minimum atomic E-state index is -3.81. The van der Waals surface area contributed by atoms with Crippen LogP contribution in [0.2, 0.25) is 0 Å². The molecule has 0 saturated carbocycles. The van der Waals surface area contributed by atoms with Gasteiger partial charge >= 0.3 is 0 Å². The summed E-state index contributed by atoms with van der Waals surface area (Å²) in [5.74, 6) is -0.832. The number of carbonyl (C=O) groups is 1. The Morgan fingerprint density at radius 2 is 1.97 bits per heavy atom. The first-order valence-electron chi connectivity index (χ1n) is 11.5. The number of halogens is 1. The van der Waals surface area contributed by atoms with Gasteiger partial charge in [0.05, 0.1) is 21.8 Å². The monoisotopic (exact) mass is 488 g/mol. The molecule has 1 N–H and O–H groups in total. The van der Waals surface area contributed by atoms with Gasteiger partial charge in [0.25, 0.3) is 0 Å². The number of imidazole rings is 1. The number of anilines is 1. The van der Waals surface area contributed by atoms with Crippen LogP contribution in [0, 0.1) is 11.7 Å². The van der Waals surface area contributed by atoms with Crippen LogP contribution in [0.15, 0.2) is 53.4 Å². The highest BCUT2D eigenvalue weighted by molar-refractivity contribution is 7.89. The van der Waals surface area contributed by atoms with Gasteiger partial charge in [-0.1, -0.05) is 12.1 Å². The first-order valence-corrected chi connectivity index (χ1v) is 12.9. The fraction of sp³-hybridized carbons (Fsp3) is 0.417. The zero-order chi connectivity index (χ0) is 24.1. The molecular formula is C24H29FN4O4S. The Hall–Kier alpha value is -2.82. The maximum atomic E-state index is 13.2. The molecule has 1 aliphatic rings. The molecule has 1 fully saturated rings. The number of nitrogens with zero attached hydrogens (tertiary/aromatic N) is 3. The number of hydrogen-bond acceptors (Lipinski definition) is 5. The fourth-order valence-electron chi connectivity index (χ4n) is 4.21. The van der Waals surface area contributed by atoms with Gasteiger partial charge in [0.15, 0.2) is 0 Å². The number of sulfonamides is 1. The molecule has 0 aliphatic carbocycles. The van der Waals surface area contributed by atoms with E-state index in [1.54, 1.807) is 0 Å². The quantitative estimate of drug-likeness (QED) is 0.464. The van der Waals surface area contributed by atoms with E-state index < -0.39 is 21.8 Å². The Balaban J connectivity index is 1.49. The molecule has 2 heterocycles. The van der Waals surface area contributed by atoms with Crippen molar-refractivity contribution in [2.45, 2.75) is 37.6 Å². The van der Waals surface area contributed by atoms with Crippen molar-refractivity contribution in [3.8, 4) is 0 Å². The summed E-state index contributed by atoms with van der Waals surface area (Å²) < 4.78 is 48.0. The molecule has 1 saturated heterocycles. The Kier molecular flexibility index (Phi) is 7.60. The van der Waals surface area contributed by atoms with Gasteiger partial charge in [-0.15, -0.1) is 0 Å². The molecule has 3 aromatic rings. The number of carbonyl (C=O) groups excluding carboxylic acids is 1. The lowest BCUT2D eigenvalue weighted by Crippen LogP contribution is -2.43. The second-order valence-corrected chi connectivity index (χ2v) is 10.2. The molecule has 4 rings (SSSR count). The molecule has 0 spiro atoms. The molecule has 1 aliphatic heterocycles. The van der Waals surface area contributed by atoms with E-state index in [1.165, 1.54) is 16.4 Å². The van der Waals surface area contributed by atoms with E-state index in [-0.39, 0.29) is 17.3 Å². The minimum absolute atomic E-state index is 0.0195. The van der Waals surface area contributed by atoms with Crippen molar-refractivity contribution in [1.82, 2.24) is 13.9 Å². The van der Waals surface area contributed by atoms with E-state index >= 15 is 0 Å². The molecular weight excluding hydrogens is 459 g/mol. The van der Waals surface area contributed by atoms with Crippen LogP contribution in [-0.2, 0) is 26.1 Å². The average molecular weight is 489 g/mol. The first kappa shape index (κ1) is 24.3. The van der Waals surface area contributed by atoms with Crippen molar-refractivity contribution in [3.63, 3.8) is 0 Å². The molecule has 0 radical (unpaired) electrons. The third-order valence-corrected chi connectivity index (χ3v) is 7.85. The topological polar surface area (TPSA) is 93.5 Å².